The summed E-state index contributed by atoms with van der Waals surface area (Å²) in [6.07, 6.45) is 1.65. The molecule has 3 atom stereocenters. The molecule has 3 N–H and O–H groups in total. The maximum absolute atomic E-state index is 12.8. The number of carbonyl (C=O) groups is 1. The maximum atomic E-state index is 12.8. The van der Waals surface area contributed by atoms with Gasteiger partial charge in [-0.25, -0.2) is 4.79 Å². The number of piperidine rings is 1. The predicted molar refractivity (Wildman–Crippen MR) is 209 cm³/mol. The highest BCUT2D eigenvalue weighted by Crippen LogP contribution is 2.40. The first-order valence-corrected chi connectivity index (χ1v) is 19.1. The number of hydrogen-bond donors (Lipinski definition) is 3. The highest BCUT2D eigenvalue weighted by atomic mass is 16.7. The minimum absolute atomic E-state index is 0.00177. The number of urea groups is 1. The van der Waals surface area contributed by atoms with Gasteiger partial charge in [0, 0.05) is 56.7 Å². The summed E-state index contributed by atoms with van der Waals surface area (Å²) in [6, 6.07) is 41.0. The smallest absolute Gasteiger partial charge is 0.319 e. The van der Waals surface area contributed by atoms with Crippen LogP contribution >= 0.6 is 0 Å². The summed E-state index contributed by atoms with van der Waals surface area (Å²) in [5.41, 5.74) is 6.56. The van der Waals surface area contributed by atoms with Crippen molar-refractivity contribution >= 4 is 11.7 Å². The maximum Gasteiger partial charge on any atom is 0.319 e. The molecule has 3 heterocycles. The van der Waals surface area contributed by atoms with Crippen LogP contribution in [0.5, 0.6) is 11.5 Å². The number of aliphatic hydroxyl groups is 1. The van der Waals surface area contributed by atoms with Crippen LogP contribution in [0.3, 0.4) is 0 Å². The summed E-state index contributed by atoms with van der Waals surface area (Å²) < 4.78 is 31.2. The topological polar surface area (TPSA) is 111 Å². The Morgan fingerprint density at radius 3 is 2.20 bits per heavy atom. The summed E-state index contributed by atoms with van der Waals surface area (Å²) in [7, 11) is 0. The van der Waals surface area contributed by atoms with Crippen molar-refractivity contribution in [2.24, 2.45) is 0 Å². The number of para-hydroxylation sites is 1. The lowest BCUT2D eigenvalue weighted by atomic mass is 9.97. The largest absolute Gasteiger partial charge is 0.457 e. The van der Waals surface area contributed by atoms with Crippen molar-refractivity contribution in [2.75, 3.05) is 38.2 Å². The third kappa shape index (κ3) is 9.42. The Kier molecular flexibility index (Phi) is 11.5. The monoisotopic (exact) mass is 741 g/mol. The van der Waals surface area contributed by atoms with E-state index in [9.17, 15) is 9.90 Å². The van der Waals surface area contributed by atoms with E-state index in [0.29, 0.717) is 31.2 Å². The Morgan fingerprint density at radius 1 is 0.745 bits per heavy atom. The van der Waals surface area contributed by atoms with Crippen LogP contribution in [-0.4, -0.2) is 60.8 Å². The second-order valence-corrected chi connectivity index (χ2v) is 14.3. The van der Waals surface area contributed by atoms with Crippen LogP contribution in [0, 0.1) is 0 Å². The van der Waals surface area contributed by atoms with Gasteiger partial charge in [-0.2, -0.15) is 0 Å². The van der Waals surface area contributed by atoms with Gasteiger partial charge in [0.25, 0.3) is 0 Å². The Labute approximate surface area is 321 Å². The first-order chi connectivity index (χ1) is 27.0. The number of benzene rings is 5. The van der Waals surface area contributed by atoms with E-state index in [-0.39, 0.29) is 24.8 Å². The van der Waals surface area contributed by atoms with Crippen molar-refractivity contribution in [2.45, 2.75) is 56.7 Å². The Hall–Kier alpha value is -5.07. The van der Waals surface area contributed by atoms with Crippen LogP contribution < -0.4 is 15.4 Å². The molecule has 8 rings (SSSR count). The van der Waals surface area contributed by atoms with Crippen LogP contribution in [0.25, 0.3) is 11.1 Å². The van der Waals surface area contributed by atoms with E-state index in [1.54, 1.807) is 0 Å². The zero-order valence-electron chi connectivity index (χ0n) is 30.8. The van der Waals surface area contributed by atoms with Crippen LogP contribution in [0.4, 0.5) is 10.5 Å². The van der Waals surface area contributed by atoms with Gasteiger partial charge in [-0.3, -0.25) is 0 Å². The van der Waals surface area contributed by atoms with Gasteiger partial charge in [-0.15, -0.1) is 0 Å². The van der Waals surface area contributed by atoms with Crippen LogP contribution in [-0.2, 0) is 32.1 Å². The fraction of sp³-hybridized carbons (Fsp3) is 0.311. The first kappa shape index (κ1) is 36.9. The summed E-state index contributed by atoms with van der Waals surface area (Å²) in [4.78, 5) is 15.2. The quantitative estimate of drug-likeness (QED) is 0.124. The molecule has 1 spiro atoms. The van der Waals surface area contributed by atoms with Gasteiger partial charge in [-0.05, 0) is 76.3 Å². The molecule has 0 radical (unpaired) electrons. The van der Waals surface area contributed by atoms with E-state index in [4.69, 9.17) is 23.7 Å². The Morgan fingerprint density at radius 2 is 1.45 bits per heavy atom. The minimum Gasteiger partial charge on any atom is -0.457 e. The number of carbonyl (C=O) groups excluding carboxylic acids is 1. The van der Waals surface area contributed by atoms with Crippen molar-refractivity contribution in [1.82, 2.24) is 10.2 Å². The molecule has 5 aromatic rings. The van der Waals surface area contributed by atoms with E-state index in [2.05, 4.69) is 45.9 Å². The lowest BCUT2D eigenvalue weighted by Crippen LogP contribution is -2.48. The van der Waals surface area contributed by atoms with Gasteiger partial charge < -0.3 is 44.3 Å². The average Bonchev–Trinajstić information content (AvgIpc) is 3.70. The molecule has 10 heteroatoms. The standard InChI is InChI=1S/C45H47N3O7/c49-31-32-12-14-34(15-13-32)42-28-41(30-48-22-20-45(21-23-48)51-24-25-52-45)54-43(55-42)37-9-5-8-36(27-37)35-7-4-6-33(26-35)29-46-44(50)47-38-16-18-40(19-17-38)53-39-10-2-1-3-11-39/h1-19,26-27,41-43,49H,20-25,28-31H2,(H2,46,47,50). The van der Waals surface area contributed by atoms with E-state index in [1.165, 1.54) is 0 Å². The lowest BCUT2D eigenvalue weighted by molar-refractivity contribution is -0.255. The summed E-state index contributed by atoms with van der Waals surface area (Å²) in [5.74, 6) is 1.02. The molecule has 0 aliphatic carbocycles. The number of hydrogen-bond acceptors (Lipinski definition) is 8. The highest BCUT2D eigenvalue weighted by Gasteiger charge is 2.41. The van der Waals surface area contributed by atoms with E-state index in [1.807, 2.05) is 97.1 Å². The molecular formula is C45H47N3O7. The van der Waals surface area contributed by atoms with Gasteiger partial charge >= 0.3 is 6.03 Å². The third-order valence-electron chi connectivity index (χ3n) is 10.5. The van der Waals surface area contributed by atoms with Crippen LogP contribution in [0.15, 0.2) is 127 Å². The number of anilines is 1. The second-order valence-electron chi connectivity index (χ2n) is 14.3. The van der Waals surface area contributed by atoms with Gasteiger partial charge in [0.05, 0.1) is 32.0 Å². The molecular weight excluding hydrogens is 695 g/mol. The van der Waals surface area contributed by atoms with E-state index >= 15 is 0 Å². The number of aliphatic hydroxyl groups excluding tert-OH is 1. The van der Waals surface area contributed by atoms with Crippen molar-refractivity contribution in [3.05, 3.63) is 150 Å². The second kappa shape index (κ2) is 17.2. The number of ether oxygens (including phenoxy) is 5. The number of nitrogens with one attached hydrogen (secondary N) is 2. The number of nitrogens with zero attached hydrogens (tertiary/aromatic N) is 1. The SMILES string of the molecule is O=C(NCc1cccc(-c2cccc(C3OC(CN4CCC5(CC4)OCCO5)CC(c4ccc(CO)cc4)O3)c2)c1)Nc1ccc(Oc2ccccc2)cc1. The summed E-state index contributed by atoms with van der Waals surface area (Å²) >= 11 is 0. The molecule has 3 unspecified atom stereocenters. The molecule has 3 aliphatic rings. The minimum atomic E-state index is -0.564. The first-order valence-electron chi connectivity index (χ1n) is 19.1. The van der Waals surface area contributed by atoms with Crippen molar-refractivity contribution in [3.63, 3.8) is 0 Å². The molecule has 3 saturated heterocycles. The molecule has 3 aliphatic heterocycles. The normalized spacial score (nSPS) is 20.9. The fourth-order valence-electron chi connectivity index (χ4n) is 7.50. The summed E-state index contributed by atoms with van der Waals surface area (Å²) in [6.45, 7) is 4.27. The summed E-state index contributed by atoms with van der Waals surface area (Å²) in [5, 5.41) is 15.5. The molecule has 10 nitrogen and oxygen atoms in total. The molecule has 0 aromatic heterocycles. The lowest BCUT2D eigenvalue weighted by Gasteiger charge is -2.41. The zero-order chi connectivity index (χ0) is 37.5. The molecule has 5 aromatic carbocycles. The average molecular weight is 742 g/mol. The number of amides is 2. The van der Waals surface area contributed by atoms with E-state index < -0.39 is 12.1 Å². The highest BCUT2D eigenvalue weighted by molar-refractivity contribution is 5.89. The molecule has 2 amide bonds. The number of likely N-dealkylation sites (tertiary alicyclic amines) is 1. The van der Waals surface area contributed by atoms with Crippen molar-refractivity contribution in [3.8, 4) is 22.6 Å². The fourth-order valence-corrected chi connectivity index (χ4v) is 7.50. The molecule has 284 valence electrons. The zero-order valence-corrected chi connectivity index (χ0v) is 30.8. The van der Waals surface area contributed by atoms with Gasteiger partial charge in [0.2, 0.25) is 0 Å². The van der Waals surface area contributed by atoms with Gasteiger partial charge in [-0.1, -0.05) is 78.9 Å². The van der Waals surface area contributed by atoms with Crippen molar-refractivity contribution in [1.29, 1.82) is 0 Å². The molecule has 0 bridgehead atoms. The predicted octanol–water partition coefficient (Wildman–Crippen LogP) is 8.34. The number of rotatable bonds is 11. The third-order valence-corrected chi connectivity index (χ3v) is 10.5. The van der Waals surface area contributed by atoms with Crippen LogP contribution in [0.1, 0.15) is 53.9 Å². The van der Waals surface area contributed by atoms with Crippen LogP contribution in [0.2, 0.25) is 0 Å². The Balaban J connectivity index is 0.913. The van der Waals surface area contributed by atoms with Gasteiger partial charge in [0.1, 0.15) is 11.5 Å². The Bertz CT molecular complexity index is 2010. The van der Waals surface area contributed by atoms with E-state index in [0.717, 1.165) is 78.0 Å². The molecule has 3 fully saturated rings. The molecule has 0 saturated carbocycles. The van der Waals surface area contributed by atoms with Gasteiger partial charge in [0.15, 0.2) is 12.1 Å². The van der Waals surface area contributed by atoms with Crippen molar-refractivity contribution < 1.29 is 33.6 Å². The molecule has 55 heavy (non-hydrogen) atoms.